The number of carbonyl (C=O) groups is 1. The monoisotopic (exact) mass is 397 g/mol. The van der Waals surface area contributed by atoms with Gasteiger partial charge in [-0.3, -0.25) is 4.79 Å². The maximum Gasteiger partial charge on any atom is 0.416 e. The second-order valence-electron chi connectivity index (χ2n) is 6.88. The first-order chi connectivity index (χ1) is 13.9. The lowest BCUT2D eigenvalue weighted by Gasteiger charge is -2.29. The normalized spacial score (nSPS) is 13.7. The molecule has 1 aliphatic rings. The number of nitrogens with zero attached hydrogens (tertiary/aromatic N) is 2. The number of alkyl halides is 3. The van der Waals surface area contributed by atoms with Crippen LogP contribution in [0.25, 0.3) is 0 Å². The van der Waals surface area contributed by atoms with Crippen LogP contribution >= 0.6 is 0 Å². The van der Waals surface area contributed by atoms with E-state index in [1.54, 1.807) is 17.0 Å². The van der Waals surface area contributed by atoms with Gasteiger partial charge in [0.2, 0.25) is 0 Å². The van der Waals surface area contributed by atoms with Crippen LogP contribution in [0.5, 0.6) is 0 Å². The van der Waals surface area contributed by atoms with E-state index in [0.717, 1.165) is 24.1 Å². The summed E-state index contributed by atoms with van der Waals surface area (Å²) in [6.45, 7) is 1.19. The van der Waals surface area contributed by atoms with Crippen molar-refractivity contribution < 1.29 is 18.0 Å². The van der Waals surface area contributed by atoms with Crippen molar-refractivity contribution >= 4 is 17.4 Å². The number of aromatic nitrogens is 1. The highest BCUT2D eigenvalue weighted by atomic mass is 19.4. The Kier molecular flexibility index (Phi) is 4.96. The Morgan fingerprint density at radius 1 is 1.00 bits per heavy atom. The molecule has 1 aromatic heterocycles. The highest BCUT2D eigenvalue weighted by molar-refractivity contribution is 5.95. The predicted octanol–water partition coefficient (Wildman–Crippen LogP) is 5.04. The minimum absolute atomic E-state index is 0.0997. The zero-order chi connectivity index (χ0) is 20.4. The van der Waals surface area contributed by atoms with Crippen LogP contribution in [0.4, 0.5) is 24.7 Å². The second-order valence-corrected chi connectivity index (χ2v) is 6.88. The highest BCUT2D eigenvalue weighted by Crippen LogP contribution is 2.30. The van der Waals surface area contributed by atoms with E-state index in [-0.39, 0.29) is 5.91 Å². The molecule has 2 aromatic carbocycles. The molecule has 0 spiro atoms. The Labute approximate surface area is 166 Å². The van der Waals surface area contributed by atoms with Gasteiger partial charge in [-0.1, -0.05) is 24.3 Å². The number of amides is 1. The average molecular weight is 397 g/mol. The molecule has 0 aliphatic carbocycles. The fourth-order valence-corrected chi connectivity index (χ4v) is 3.37. The van der Waals surface area contributed by atoms with Crippen molar-refractivity contribution in [3.63, 3.8) is 0 Å². The summed E-state index contributed by atoms with van der Waals surface area (Å²) < 4.78 is 38.0. The van der Waals surface area contributed by atoms with Crippen LogP contribution in [0.2, 0.25) is 0 Å². The number of rotatable bonds is 3. The van der Waals surface area contributed by atoms with Gasteiger partial charge in [0.1, 0.15) is 5.82 Å². The number of carbonyl (C=O) groups excluding carboxylic acids is 1. The van der Waals surface area contributed by atoms with E-state index in [1.807, 2.05) is 18.2 Å². The van der Waals surface area contributed by atoms with E-state index < -0.39 is 11.7 Å². The van der Waals surface area contributed by atoms with Crippen LogP contribution in [0.3, 0.4) is 0 Å². The van der Waals surface area contributed by atoms with Crippen LogP contribution < -0.4 is 5.32 Å². The van der Waals surface area contributed by atoms with Crippen molar-refractivity contribution in [2.45, 2.75) is 19.1 Å². The highest BCUT2D eigenvalue weighted by Gasteiger charge is 2.30. The quantitative estimate of drug-likeness (QED) is 0.673. The number of nitrogens with one attached hydrogen (secondary N) is 1. The van der Waals surface area contributed by atoms with Gasteiger partial charge in [-0.2, -0.15) is 13.2 Å². The zero-order valence-corrected chi connectivity index (χ0v) is 15.4. The summed E-state index contributed by atoms with van der Waals surface area (Å²) in [4.78, 5) is 18.9. The Bertz CT molecular complexity index is 1030. The Balaban J connectivity index is 1.48. The fraction of sp³-hybridized carbons (Fsp3) is 0.182. The number of hydrogen-bond acceptors (Lipinski definition) is 3. The molecule has 29 heavy (non-hydrogen) atoms. The van der Waals surface area contributed by atoms with Crippen LogP contribution in [-0.4, -0.2) is 22.3 Å². The van der Waals surface area contributed by atoms with E-state index in [1.165, 1.54) is 23.9 Å². The van der Waals surface area contributed by atoms with Crippen LogP contribution in [0, 0.1) is 0 Å². The van der Waals surface area contributed by atoms with E-state index in [9.17, 15) is 18.0 Å². The molecular formula is C22H18F3N3O. The van der Waals surface area contributed by atoms with Gasteiger partial charge >= 0.3 is 6.18 Å². The number of benzene rings is 2. The number of pyridine rings is 1. The Morgan fingerprint density at radius 2 is 1.72 bits per heavy atom. The van der Waals surface area contributed by atoms with Crippen LogP contribution in [-0.2, 0) is 19.1 Å². The smallest absolute Gasteiger partial charge is 0.340 e. The molecule has 4 rings (SSSR count). The zero-order valence-electron chi connectivity index (χ0n) is 15.4. The lowest BCUT2D eigenvalue weighted by molar-refractivity contribution is -0.137. The first kappa shape index (κ1) is 19.0. The van der Waals surface area contributed by atoms with Gasteiger partial charge in [-0.15, -0.1) is 0 Å². The lowest BCUT2D eigenvalue weighted by atomic mass is 9.99. The van der Waals surface area contributed by atoms with Gasteiger partial charge in [0.05, 0.1) is 5.56 Å². The minimum atomic E-state index is -4.38. The number of hydrogen-bond donors (Lipinski definition) is 1. The molecule has 0 atom stereocenters. The summed E-state index contributed by atoms with van der Waals surface area (Å²) in [5.74, 6) is 0.297. The first-order valence-corrected chi connectivity index (χ1v) is 9.16. The van der Waals surface area contributed by atoms with Gasteiger partial charge in [0.25, 0.3) is 5.91 Å². The molecule has 0 unspecified atom stereocenters. The van der Waals surface area contributed by atoms with Crippen LogP contribution in [0.15, 0.2) is 66.9 Å². The SMILES string of the molecule is O=C(c1ccnc(Nc2ccc(C(F)(F)F)cc2)c1)N1CCc2ccccc2C1. The van der Waals surface area contributed by atoms with Gasteiger partial charge < -0.3 is 10.2 Å². The molecule has 0 saturated heterocycles. The summed E-state index contributed by atoms with van der Waals surface area (Å²) in [6.07, 6.45) is -2.06. The fourth-order valence-electron chi connectivity index (χ4n) is 3.37. The van der Waals surface area contributed by atoms with E-state index in [0.29, 0.717) is 30.2 Å². The molecule has 0 fully saturated rings. The molecule has 1 amide bonds. The third kappa shape index (κ3) is 4.23. The molecular weight excluding hydrogens is 379 g/mol. The summed E-state index contributed by atoms with van der Waals surface area (Å²) in [5.41, 5.74) is 2.63. The third-order valence-corrected chi connectivity index (χ3v) is 4.91. The van der Waals surface area contributed by atoms with Gasteiger partial charge in [0.15, 0.2) is 0 Å². The maximum atomic E-state index is 12.9. The Hall–Kier alpha value is -3.35. The molecule has 0 saturated carbocycles. The van der Waals surface area contributed by atoms with Crippen molar-refractivity contribution in [2.75, 3.05) is 11.9 Å². The topological polar surface area (TPSA) is 45.2 Å². The minimum Gasteiger partial charge on any atom is -0.340 e. The lowest BCUT2D eigenvalue weighted by Crippen LogP contribution is -2.35. The molecule has 2 heterocycles. The number of halogens is 3. The number of fused-ring (bicyclic) bond motifs is 1. The van der Waals surface area contributed by atoms with E-state index in [4.69, 9.17) is 0 Å². The summed E-state index contributed by atoms with van der Waals surface area (Å²) in [5, 5.41) is 2.95. The van der Waals surface area contributed by atoms with Crippen molar-refractivity contribution in [3.8, 4) is 0 Å². The first-order valence-electron chi connectivity index (χ1n) is 9.16. The standard InChI is InChI=1S/C22H18F3N3O/c23-22(24,25)18-5-7-19(8-6-18)27-20-13-16(9-11-26-20)21(29)28-12-10-15-3-1-2-4-17(15)14-28/h1-9,11,13H,10,12,14H2,(H,26,27). The molecule has 3 aromatic rings. The second kappa shape index (κ2) is 7.58. The van der Waals surface area contributed by atoms with Crippen molar-refractivity contribution in [2.24, 2.45) is 0 Å². The van der Waals surface area contributed by atoms with Crippen molar-refractivity contribution in [3.05, 3.63) is 89.1 Å². The summed E-state index contributed by atoms with van der Waals surface area (Å²) in [6, 6.07) is 16.0. The predicted molar refractivity (Wildman–Crippen MR) is 104 cm³/mol. The van der Waals surface area contributed by atoms with Crippen molar-refractivity contribution in [1.29, 1.82) is 0 Å². The van der Waals surface area contributed by atoms with Gasteiger partial charge in [0, 0.05) is 30.5 Å². The molecule has 0 bridgehead atoms. The van der Waals surface area contributed by atoms with E-state index >= 15 is 0 Å². The maximum absolute atomic E-state index is 12.9. The molecule has 4 nitrogen and oxygen atoms in total. The summed E-state index contributed by atoms with van der Waals surface area (Å²) in [7, 11) is 0. The molecule has 1 N–H and O–H groups in total. The Morgan fingerprint density at radius 3 is 2.45 bits per heavy atom. The van der Waals surface area contributed by atoms with Gasteiger partial charge in [-0.05, 0) is 53.9 Å². The number of anilines is 2. The van der Waals surface area contributed by atoms with Gasteiger partial charge in [-0.25, -0.2) is 4.98 Å². The third-order valence-electron chi connectivity index (χ3n) is 4.91. The van der Waals surface area contributed by atoms with Crippen LogP contribution in [0.1, 0.15) is 27.0 Å². The molecule has 0 radical (unpaired) electrons. The largest absolute Gasteiger partial charge is 0.416 e. The molecule has 148 valence electrons. The summed E-state index contributed by atoms with van der Waals surface area (Å²) >= 11 is 0. The van der Waals surface area contributed by atoms with Crippen molar-refractivity contribution in [1.82, 2.24) is 9.88 Å². The average Bonchev–Trinajstić information content (AvgIpc) is 2.73. The van der Waals surface area contributed by atoms with E-state index in [2.05, 4.69) is 16.4 Å². The molecule has 7 heteroatoms. The molecule has 1 aliphatic heterocycles.